The molecular formula is C18H31N3O3. The summed E-state index contributed by atoms with van der Waals surface area (Å²) in [5.74, 6) is 0.365. The third-order valence-electron chi connectivity index (χ3n) is 5.33. The van der Waals surface area contributed by atoms with Crippen LogP contribution in [0.4, 0.5) is 4.79 Å². The minimum Gasteiger partial charge on any atom is -0.352 e. The van der Waals surface area contributed by atoms with Crippen molar-refractivity contribution in [2.45, 2.75) is 77.8 Å². The van der Waals surface area contributed by atoms with Gasteiger partial charge in [-0.05, 0) is 44.4 Å². The zero-order chi connectivity index (χ0) is 17.9. The molecule has 0 bridgehead atoms. The number of amides is 4. The van der Waals surface area contributed by atoms with E-state index in [4.69, 9.17) is 0 Å². The van der Waals surface area contributed by atoms with Crippen molar-refractivity contribution in [2.24, 2.45) is 11.8 Å². The molecule has 0 spiro atoms. The fourth-order valence-corrected chi connectivity index (χ4v) is 3.56. The van der Waals surface area contributed by atoms with E-state index in [1.54, 1.807) is 6.92 Å². The highest BCUT2D eigenvalue weighted by molar-refractivity contribution is 6.08. The molecule has 0 unspecified atom stereocenters. The second-order valence-corrected chi connectivity index (χ2v) is 8.02. The Bertz CT molecular complexity index is 506. The van der Waals surface area contributed by atoms with E-state index >= 15 is 0 Å². The van der Waals surface area contributed by atoms with Gasteiger partial charge in [-0.15, -0.1) is 0 Å². The molecule has 24 heavy (non-hydrogen) atoms. The van der Waals surface area contributed by atoms with Crippen LogP contribution in [0.1, 0.15) is 66.2 Å². The van der Waals surface area contributed by atoms with Gasteiger partial charge in [-0.2, -0.15) is 0 Å². The highest BCUT2D eigenvalue weighted by atomic mass is 16.2. The summed E-state index contributed by atoms with van der Waals surface area (Å²) in [5.41, 5.74) is -0.889. The molecule has 1 heterocycles. The van der Waals surface area contributed by atoms with Crippen LogP contribution in [0, 0.1) is 11.8 Å². The largest absolute Gasteiger partial charge is 0.352 e. The van der Waals surface area contributed by atoms with E-state index in [0.717, 1.165) is 30.6 Å². The lowest BCUT2D eigenvalue weighted by Crippen LogP contribution is -2.48. The van der Waals surface area contributed by atoms with Gasteiger partial charge in [0.2, 0.25) is 5.91 Å². The van der Waals surface area contributed by atoms with Gasteiger partial charge in [-0.25, -0.2) is 4.79 Å². The van der Waals surface area contributed by atoms with E-state index in [-0.39, 0.29) is 24.4 Å². The van der Waals surface area contributed by atoms with Crippen LogP contribution < -0.4 is 10.6 Å². The van der Waals surface area contributed by atoms with Crippen LogP contribution in [0.15, 0.2) is 0 Å². The minimum atomic E-state index is -0.889. The summed E-state index contributed by atoms with van der Waals surface area (Å²) in [6.45, 7) is 7.87. The van der Waals surface area contributed by atoms with Crippen molar-refractivity contribution >= 4 is 17.8 Å². The molecule has 1 aliphatic carbocycles. The summed E-state index contributed by atoms with van der Waals surface area (Å²) in [7, 11) is 0. The Balaban J connectivity index is 1.92. The van der Waals surface area contributed by atoms with E-state index in [1.165, 1.54) is 6.42 Å². The summed E-state index contributed by atoms with van der Waals surface area (Å²) in [6.07, 6.45) is 5.84. The van der Waals surface area contributed by atoms with Crippen LogP contribution in [0.2, 0.25) is 0 Å². The zero-order valence-electron chi connectivity index (χ0n) is 15.4. The van der Waals surface area contributed by atoms with Crippen LogP contribution in [-0.2, 0) is 9.59 Å². The third kappa shape index (κ3) is 4.28. The molecule has 136 valence electrons. The molecule has 2 N–H and O–H groups in total. The Morgan fingerprint density at radius 3 is 2.62 bits per heavy atom. The lowest BCUT2D eigenvalue weighted by Gasteiger charge is -2.30. The van der Waals surface area contributed by atoms with Crippen molar-refractivity contribution in [3.8, 4) is 0 Å². The van der Waals surface area contributed by atoms with E-state index in [9.17, 15) is 14.4 Å². The summed E-state index contributed by atoms with van der Waals surface area (Å²) >= 11 is 0. The predicted molar refractivity (Wildman–Crippen MR) is 92.3 cm³/mol. The number of rotatable bonds is 6. The number of hydrogen-bond donors (Lipinski definition) is 2. The summed E-state index contributed by atoms with van der Waals surface area (Å²) in [5, 5.41) is 5.76. The Morgan fingerprint density at radius 1 is 1.33 bits per heavy atom. The first-order chi connectivity index (χ1) is 11.2. The quantitative estimate of drug-likeness (QED) is 0.731. The van der Waals surface area contributed by atoms with Gasteiger partial charge in [-0.3, -0.25) is 14.5 Å². The van der Waals surface area contributed by atoms with E-state index in [2.05, 4.69) is 31.4 Å². The maximum atomic E-state index is 12.6. The first-order valence-corrected chi connectivity index (χ1v) is 9.16. The standard InChI is InChI=1S/C18H31N3O3/c1-12(2)9-10-18(4)16(23)21(17(24)20-18)11-15(22)19-14-8-6-5-7-13(14)3/h12-14H,5-11H2,1-4H3,(H,19,22)(H,20,24)/t13-,14+,18+/m1/s1. The van der Waals surface area contributed by atoms with Crippen molar-refractivity contribution in [3.63, 3.8) is 0 Å². The van der Waals surface area contributed by atoms with Gasteiger partial charge < -0.3 is 10.6 Å². The number of imide groups is 1. The number of hydrogen-bond acceptors (Lipinski definition) is 3. The normalized spacial score (nSPS) is 30.6. The monoisotopic (exact) mass is 337 g/mol. The number of carbonyl (C=O) groups excluding carboxylic acids is 3. The summed E-state index contributed by atoms with van der Waals surface area (Å²) in [6, 6.07) is -0.308. The topological polar surface area (TPSA) is 78.5 Å². The van der Waals surface area contributed by atoms with Crippen molar-refractivity contribution in [2.75, 3.05) is 6.54 Å². The molecule has 2 rings (SSSR count). The van der Waals surface area contributed by atoms with Crippen molar-refractivity contribution in [1.82, 2.24) is 15.5 Å². The Labute approximate surface area is 144 Å². The second-order valence-electron chi connectivity index (χ2n) is 8.02. The smallest absolute Gasteiger partial charge is 0.325 e. The molecule has 6 nitrogen and oxygen atoms in total. The molecule has 0 aromatic carbocycles. The van der Waals surface area contributed by atoms with Crippen molar-refractivity contribution in [1.29, 1.82) is 0 Å². The van der Waals surface area contributed by atoms with Crippen molar-refractivity contribution in [3.05, 3.63) is 0 Å². The Morgan fingerprint density at radius 2 is 2.00 bits per heavy atom. The van der Waals surface area contributed by atoms with Gasteiger partial charge in [0.1, 0.15) is 12.1 Å². The lowest BCUT2D eigenvalue weighted by atomic mass is 9.86. The maximum absolute atomic E-state index is 12.6. The predicted octanol–water partition coefficient (Wildman–Crippen LogP) is 2.43. The van der Waals surface area contributed by atoms with Gasteiger partial charge in [-0.1, -0.05) is 33.6 Å². The highest BCUT2D eigenvalue weighted by Crippen LogP contribution is 2.25. The number of urea groups is 1. The SMILES string of the molecule is CC(C)CC[C@]1(C)NC(=O)N(CC(=O)N[C@H]2CCCC[C@H]2C)C1=O. The average molecular weight is 337 g/mol. The van der Waals surface area contributed by atoms with Crippen molar-refractivity contribution < 1.29 is 14.4 Å². The van der Waals surface area contributed by atoms with Crippen LogP contribution >= 0.6 is 0 Å². The summed E-state index contributed by atoms with van der Waals surface area (Å²) < 4.78 is 0. The molecule has 2 fully saturated rings. The molecule has 6 heteroatoms. The van der Waals surface area contributed by atoms with Crippen LogP contribution in [0.25, 0.3) is 0 Å². The molecule has 0 radical (unpaired) electrons. The molecule has 1 saturated heterocycles. The number of nitrogens with zero attached hydrogens (tertiary/aromatic N) is 1. The maximum Gasteiger partial charge on any atom is 0.325 e. The van der Waals surface area contributed by atoms with Gasteiger partial charge >= 0.3 is 6.03 Å². The fraction of sp³-hybridized carbons (Fsp3) is 0.833. The van der Waals surface area contributed by atoms with Gasteiger partial charge in [0.05, 0.1) is 0 Å². The lowest BCUT2D eigenvalue weighted by molar-refractivity contribution is -0.135. The highest BCUT2D eigenvalue weighted by Gasteiger charge is 2.47. The first kappa shape index (κ1) is 18.7. The number of nitrogens with one attached hydrogen (secondary N) is 2. The number of carbonyl (C=O) groups is 3. The van der Waals surface area contributed by atoms with Crippen LogP contribution in [0.5, 0.6) is 0 Å². The van der Waals surface area contributed by atoms with E-state index in [0.29, 0.717) is 18.3 Å². The van der Waals surface area contributed by atoms with Gasteiger partial charge in [0.25, 0.3) is 5.91 Å². The zero-order valence-corrected chi connectivity index (χ0v) is 15.4. The third-order valence-corrected chi connectivity index (χ3v) is 5.33. The van der Waals surface area contributed by atoms with E-state index in [1.807, 2.05) is 0 Å². The van der Waals surface area contributed by atoms with Gasteiger partial charge in [0, 0.05) is 6.04 Å². The molecule has 0 aromatic heterocycles. The molecule has 4 amide bonds. The second kappa shape index (κ2) is 7.53. The molecule has 3 atom stereocenters. The van der Waals surface area contributed by atoms with Gasteiger partial charge in [0.15, 0.2) is 0 Å². The average Bonchev–Trinajstić information content (AvgIpc) is 2.72. The van der Waals surface area contributed by atoms with Crippen LogP contribution in [0.3, 0.4) is 0 Å². The molecule has 1 aliphatic heterocycles. The molecular weight excluding hydrogens is 306 g/mol. The van der Waals surface area contributed by atoms with E-state index < -0.39 is 11.6 Å². The molecule has 2 aliphatic rings. The molecule has 1 saturated carbocycles. The Kier molecular flexibility index (Phi) is 5.88. The first-order valence-electron chi connectivity index (χ1n) is 9.16. The molecule has 0 aromatic rings. The Hall–Kier alpha value is -1.59. The minimum absolute atomic E-state index is 0.152. The van der Waals surface area contributed by atoms with Crippen LogP contribution in [-0.4, -0.2) is 40.9 Å². The fourth-order valence-electron chi connectivity index (χ4n) is 3.56. The summed E-state index contributed by atoms with van der Waals surface area (Å²) in [4.78, 5) is 38.1.